The van der Waals surface area contributed by atoms with Crippen LogP contribution in [-0.2, 0) is 4.74 Å². The highest BCUT2D eigenvalue weighted by molar-refractivity contribution is 6.15. The Morgan fingerprint density at radius 3 is 2.35 bits per heavy atom. The normalized spacial score (nSPS) is 12.1. The molecule has 0 N–H and O–H groups in total. The third-order valence-corrected chi connectivity index (χ3v) is 4.32. The van der Waals surface area contributed by atoms with Gasteiger partial charge in [-0.1, -0.05) is 40.2 Å². The Kier molecular flexibility index (Phi) is 6.79. The molecule has 0 saturated carbocycles. The lowest BCUT2D eigenvalue weighted by molar-refractivity contribution is 0.0693. The summed E-state index contributed by atoms with van der Waals surface area (Å²) >= 11 is 0. The van der Waals surface area contributed by atoms with E-state index in [4.69, 9.17) is 17.3 Å². The van der Waals surface area contributed by atoms with Crippen LogP contribution in [0.1, 0.15) is 65.0 Å². The summed E-state index contributed by atoms with van der Waals surface area (Å²) in [7, 11) is 6.22. The molecular weight excluding hydrogens is 283 g/mol. The second-order valence-corrected chi connectivity index (χ2v) is 7.35. The predicted octanol–water partition coefficient (Wildman–Crippen LogP) is 5.70. The van der Waals surface area contributed by atoms with Gasteiger partial charge in [-0.25, -0.2) is 0 Å². The first-order valence-corrected chi connectivity index (χ1v) is 8.48. The summed E-state index contributed by atoms with van der Waals surface area (Å²) in [6.07, 6.45) is 3.41. The summed E-state index contributed by atoms with van der Waals surface area (Å²) in [6, 6.07) is 6.06. The van der Waals surface area contributed by atoms with E-state index in [9.17, 15) is 0 Å². The zero-order chi connectivity index (χ0) is 17.7. The van der Waals surface area contributed by atoms with Crippen molar-refractivity contribution in [1.82, 2.24) is 0 Å². The molecule has 0 aliphatic heterocycles. The van der Waals surface area contributed by atoms with E-state index < -0.39 is 10.9 Å². The Labute approximate surface area is 143 Å². The van der Waals surface area contributed by atoms with Gasteiger partial charge in [0.25, 0.3) is 0 Å². The van der Waals surface area contributed by atoms with Gasteiger partial charge in [-0.05, 0) is 56.3 Å². The molecule has 0 unspecified atom stereocenters. The van der Waals surface area contributed by atoms with Gasteiger partial charge in [0.05, 0.1) is 14.5 Å². The average Bonchev–Trinajstić information content (AvgIpc) is 2.41. The Bertz CT molecular complexity index is 527. The topological polar surface area (TPSA) is 18.5 Å². The lowest BCUT2D eigenvalue weighted by atomic mass is 9.62. The van der Waals surface area contributed by atoms with Gasteiger partial charge in [0.15, 0.2) is 0 Å². The molecule has 3 heteroatoms. The van der Waals surface area contributed by atoms with E-state index in [0.29, 0.717) is 12.4 Å². The van der Waals surface area contributed by atoms with Gasteiger partial charge < -0.3 is 9.47 Å². The van der Waals surface area contributed by atoms with E-state index in [1.54, 1.807) is 0 Å². The fourth-order valence-corrected chi connectivity index (χ4v) is 2.02. The maximum Gasteiger partial charge on any atom is 0.121 e. The van der Waals surface area contributed by atoms with Gasteiger partial charge in [0.2, 0.25) is 0 Å². The molecule has 1 aromatic rings. The van der Waals surface area contributed by atoms with Crippen LogP contribution in [-0.4, -0.2) is 20.1 Å². The molecule has 0 fully saturated rings. The molecule has 0 aliphatic carbocycles. The van der Waals surface area contributed by atoms with E-state index in [2.05, 4.69) is 19.6 Å². The van der Waals surface area contributed by atoms with Crippen LogP contribution in [0, 0.1) is 6.92 Å². The Morgan fingerprint density at radius 1 is 1.13 bits per heavy atom. The summed E-state index contributed by atoms with van der Waals surface area (Å²) in [5.74, 6) is 1.49. The molecule has 0 spiro atoms. The molecular formula is C20H31BO2. The highest BCUT2D eigenvalue weighted by atomic mass is 16.5. The van der Waals surface area contributed by atoms with Crippen molar-refractivity contribution >= 4 is 13.6 Å². The number of ether oxygens (including phenoxy) is 2. The monoisotopic (exact) mass is 314 g/mol. The van der Waals surface area contributed by atoms with Crippen molar-refractivity contribution in [2.45, 2.75) is 71.7 Å². The van der Waals surface area contributed by atoms with Crippen molar-refractivity contribution in [1.29, 1.82) is 0 Å². The smallest absolute Gasteiger partial charge is 0.121 e. The van der Waals surface area contributed by atoms with Crippen LogP contribution in [0.2, 0.25) is 5.31 Å². The minimum Gasteiger partial charge on any atom is -0.494 e. The number of aryl methyl sites for hydroxylation is 1. The predicted molar refractivity (Wildman–Crippen MR) is 100 cm³/mol. The molecule has 126 valence electrons. The molecule has 0 saturated heterocycles. The van der Waals surface area contributed by atoms with Crippen LogP contribution in [0.4, 0.5) is 0 Å². The minimum atomic E-state index is -0.485. The number of hydrogen-bond acceptors (Lipinski definition) is 2. The summed E-state index contributed by atoms with van der Waals surface area (Å²) < 4.78 is 11.9. The van der Waals surface area contributed by atoms with Gasteiger partial charge in [-0.2, -0.15) is 0 Å². The molecule has 0 aromatic heterocycles. The van der Waals surface area contributed by atoms with Gasteiger partial charge in [-0.3, -0.25) is 0 Å². The Morgan fingerprint density at radius 2 is 1.78 bits per heavy atom. The van der Waals surface area contributed by atoms with Crippen LogP contribution in [0.25, 0.3) is 5.76 Å². The Balaban J connectivity index is 2.85. The number of unbranched alkanes of at least 4 members (excludes halogenated alkanes) is 2. The molecule has 0 amide bonds. The SMILES string of the molecule is [B]C(C)(C)C(C)(C)Oc1cc(C)cc(C(=C)OCCCCC)c1. The van der Waals surface area contributed by atoms with Crippen LogP contribution in [0.3, 0.4) is 0 Å². The lowest BCUT2D eigenvalue weighted by Crippen LogP contribution is -2.39. The second-order valence-electron chi connectivity index (χ2n) is 7.35. The molecule has 1 rings (SSSR count). The first kappa shape index (κ1) is 19.7. The average molecular weight is 314 g/mol. The van der Waals surface area contributed by atoms with Crippen molar-refractivity contribution < 1.29 is 9.47 Å². The van der Waals surface area contributed by atoms with Crippen LogP contribution in [0.5, 0.6) is 5.75 Å². The van der Waals surface area contributed by atoms with E-state index in [0.717, 1.165) is 23.3 Å². The van der Waals surface area contributed by atoms with Crippen molar-refractivity contribution in [3.8, 4) is 5.75 Å². The van der Waals surface area contributed by atoms with Crippen molar-refractivity contribution in [2.75, 3.05) is 6.61 Å². The van der Waals surface area contributed by atoms with Gasteiger partial charge in [-0.15, -0.1) is 0 Å². The molecule has 2 nitrogen and oxygen atoms in total. The van der Waals surface area contributed by atoms with Gasteiger partial charge in [0, 0.05) is 5.56 Å². The number of hydrogen-bond donors (Lipinski definition) is 0. The third kappa shape index (κ3) is 5.97. The van der Waals surface area contributed by atoms with Gasteiger partial charge >= 0.3 is 0 Å². The molecule has 0 atom stereocenters. The van der Waals surface area contributed by atoms with Crippen LogP contribution >= 0.6 is 0 Å². The summed E-state index contributed by atoms with van der Waals surface area (Å²) in [5.41, 5.74) is 1.59. The van der Waals surface area contributed by atoms with Crippen molar-refractivity contribution in [3.05, 3.63) is 35.9 Å². The largest absolute Gasteiger partial charge is 0.494 e. The molecule has 23 heavy (non-hydrogen) atoms. The highest BCUT2D eigenvalue weighted by Gasteiger charge is 2.34. The maximum atomic E-state index is 6.22. The molecule has 2 radical (unpaired) electrons. The van der Waals surface area contributed by atoms with E-state index in [1.165, 1.54) is 12.8 Å². The fraction of sp³-hybridized carbons (Fsp3) is 0.600. The first-order valence-electron chi connectivity index (χ1n) is 8.48. The van der Waals surface area contributed by atoms with Crippen molar-refractivity contribution in [3.63, 3.8) is 0 Å². The second kappa shape index (κ2) is 7.94. The standard InChI is InChI=1S/C20H31BO2/c1-8-9-10-11-22-16(3)17-12-15(2)13-18(14-17)23-20(6,7)19(4,5)21/h12-14H,3,8-11H2,1-2,4-7H3. The maximum absolute atomic E-state index is 6.22. The summed E-state index contributed by atoms with van der Waals surface area (Å²) in [4.78, 5) is 0. The number of benzene rings is 1. The zero-order valence-corrected chi connectivity index (χ0v) is 15.7. The van der Waals surface area contributed by atoms with Gasteiger partial charge in [0.1, 0.15) is 17.1 Å². The molecule has 0 heterocycles. The van der Waals surface area contributed by atoms with Crippen LogP contribution < -0.4 is 4.74 Å². The Hall–Kier alpha value is -1.38. The molecule has 0 bridgehead atoms. The number of rotatable bonds is 9. The van der Waals surface area contributed by atoms with Crippen molar-refractivity contribution in [2.24, 2.45) is 0 Å². The van der Waals surface area contributed by atoms with E-state index >= 15 is 0 Å². The summed E-state index contributed by atoms with van der Waals surface area (Å²) in [5, 5.41) is -0.454. The highest BCUT2D eigenvalue weighted by Crippen LogP contribution is 2.38. The molecule has 1 aromatic carbocycles. The molecule has 0 aliphatic rings. The zero-order valence-electron chi connectivity index (χ0n) is 15.7. The quantitative estimate of drug-likeness (QED) is 0.331. The lowest BCUT2D eigenvalue weighted by Gasteiger charge is -2.39. The third-order valence-electron chi connectivity index (χ3n) is 4.32. The van der Waals surface area contributed by atoms with Crippen LogP contribution in [0.15, 0.2) is 24.8 Å². The van der Waals surface area contributed by atoms with E-state index in [1.807, 2.05) is 46.8 Å². The summed E-state index contributed by atoms with van der Waals surface area (Å²) in [6.45, 7) is 16.9. The van der Waals surface area contributed by atoms with E-state index in [-0.39, 0.29) is 0 Å². The fourth-order valence-electron chi connectivity index (χ4n) is 2.02. The minimum absolute atomic E-state index is 0.454. The first-order chi connectivity index (χ1) is 10.6.